The number of rotatable bonds is 7. The van der Waals surface area contributed by atoms with Crippen LogP contribution in [-0.2, 0) is 29.1 Å². The summed E-state index contributed by atoms with van der Waals surface area (Å²) in [6.07, 6.45) is 0.395. The monoisotopic (exact) mass is 492 g/mol. The highest BCUT2D eigenvalue weighted by Crippen LogP contribution is 2.27. The number of nitrogens with zero attached hydrogens (tertiary/aromatic N) is 1. The first kappa shape index (κ1) is 25.3. The number of methoxy groups -OCH3 is 1. The molecule has 2 aromatic rings. The van der Waals surface area contributed by atoms with Gasteiger partial charge < -0.3 is 14.8 Å². The van der Waals surface area contributed by atoms with Crippen LogP contribution in [0.15, 0.2) is 47.4 Å². The summed E-state index contributed by atoms with van der Waals surface area (Å²) >= 11 is 0. The topological polar surface area (TPSA) is 119 Å². The molecule has 11 heteroatoms. The maximum Gasteiger partial charge on any atom is 0.339 e. The van der Waals surface area contributed by atoms with Gasteiger partial charge in [0.15, 0.2) is 6.61 Å². The number of nitrogens with one attached hydrogen (secondary N) is 1. The number of aryl methyl sites for hydroxylation is 1. The maximum atomic E-state index is 13.6. The Kier molecular flexibility index (Phi) is 8.00. The second-order valence-electron chi connectivity index (χ2n) is 7.79. The lowest BCUT2D eigenvalue weighted by atomic mass is 9.98. The van der Waals surface area contributed by atoms with Gasteiger partial charge in [-0.05, 0) is 49.6 Å². The van der Waals surface area contributed by atoms with Gasteiger partial charge in [0.1, 0.15) is 5.82 Å². The van der Waals surface area contributed by atoms with Crippen molar-refractivity contribution in [1.29, 1.82) is 0 Å². The molecule has 0 radical (unpaired) electrons. The summed E-state index contributed by atoms with van der Waals surface area (Å²) in [5.74, 6) is -3.03. The summed E-state index contributed by atoms with van der Waals surface area (Å²) in [4.78, 5) is 36.2. The first-order valence-electron chi connectivity index (χ1n) is 10.5. The Hall–Kier alpha value is -3.31. The van der Waals surface area contributed by atoms with Crippen LogP contribution < -0.4 is 5.32 Å². The molecule has 0 bridgehead atoms. The SMILES string of the molecule is COC(=O)c1ccccc1S(=O)(=O)N1CCC(C(=O)OCC(=O)Nc2ccc(C)c(F)c2)CC1. The molecule has 2 aromatic carbocycles. The van der Waals surface area contributed by atoms with Gasteiger partial charge in [0.2, 0.25) is 10.0 Å². The van der Waals surface area contributed by atoms with E-state index in [9.17, 15) is 27.2 Å². The number of carbonyl (C=O) groups is 3. The normalized spacial score (nSPS) is 14.9. The summed E-state index contributed by atoms with van der Waals surface area (Å²) in [7, 11) is -2.81. The van der Waals surface area contributed by atoms with Crippen molar-refractivity contribution in [2.24, 2.45) is 5.92 Å². The molecule has 0 saturated carbocycles. The standard InChI is InChI=1S/C23H25FN2O7S/c1-15-7-8-17(13-19(15)24)25-21(27)14-33-22(28)16-9-11-26(12-10-16)34(30,31)20-6-4-3-5-18(20)23(29)32-2/h3-8,13,16H,9-12,14H2,1-2H3,(H,25,27). The summed E-state index contributed by atoms with van der Waals surface area (Å²) < 4.78 is 50.6. The minimum absolute atomic E-state index is 0.0481. The smallest absolute Gasteiger partial charge is 0.339 e. The van der Waals surface area contributed by atoms with E-state index in [2.05, 4.69) is 10.1 Å². The van der Waals surface area contributed by atoms with Crippen LogP contribution in [0.1, 0.15) is 28.8 Å². The zero-order valence-corrected chi connectivity index (χ0v) is 19.6. The van der Waals surface area contributed by atoms with E-state index in [1.165, 1.54) is 47.8 Å². The molecule has 0 unspecified atom stereocenters. The van der Waals surface area contributed by atoms with Crippen LogP contribution in [0.3, 0.4) is 0 Å². The molecule has 1 N–H and O–H groups in total. The third-order valence-electron chi connectivity index (χ3n) is 5.50. The fraction of sp³-hybridized carbons (Fsp3) is 0.348. The van der Waals surface area contributed by atoms with Crippen molar-refractivity contribution in [3.05, 3.63) is 59.4 Å². The summed E-state index contributed by atoms with van der Waals surface area (Å²) in [5, 5.41) is 2.45. The van der Waals surface area contributed by atoms with Crippen molar-refractivity contribution >= 4 is 33.6 Å². The second-order valence-corrected chi connectivity index (χ2v) is 9.69. The average Bonchev–Trinajstić information content (AvgIpc) is 2.84. The predicted octanol–water partition coefficient (Wildman–Crippen LogP) is 2.50. The van der Waals surface area contributed by atoms with E-state index in [0.717, 1.165) is 0 Å². The van der Waals surface area contributed by atoms with Gasteiger partial charge in [0.25, 0.3) is 5.91 Å². The van der Waals surface area contributed by atoms with Crippen molar-refractivity contribution in [1.82, 2.24) is 4.31 Å². The molecule has 1 heterocycles. The molecule has 1 amide bonds. The van der Waals surface area contributed by atoms with E-state index in [1.54, 1.807) is 13.0 Å². The molecule has 0 spiro atoms. The predicted molar refractivity (Wildman–Crippen MR) is 120 cm³/mol. The number of piperidine rings is 1. The van der Waals surface area contributed by atoms with Crippen LogP contribution in [0.4, 0.5) is 10.1 Å². The summed E-state index contributed by atoms with van der Waals surface area (Å²) in [6, 6.07) is 9.98. The Labute approximate surface area is 196 Å². The van der Waals surface area contributed by atoms with Gasteiger partial charge in [-0.2, -0.15) is 4.31 Å². The zero-order chi connectivity index (χ0) is 24.9. The van der Waals surface area contributed by atoms with Gasteiger partial charge >= 0.3 is 11.9 Å². The Morgan fingerprint density at radius 2 is 1.79 bits per heavy atom. The van der Waals surface area contributed by atoms with E-state index in [-0.39, 0.29) is 42.1 Å². The van der Waals surface area contributed by atoms with Crippen LogP contribution in [0.25, 0.3) is 0 Å². The first-order chi connectivity index (χ1) is 16.1. The largest absolute Gasteiger partial charge is 0.465 e. The molecule has 0 atom stereocenters. The van der Waals surface area contributed by atoms with Crippen LogP contribution in [0.2, 0.25) is 0 Å². The van der Waals surface area contributed by atoms with Gasteiger partial charge in [-0.1, -0.05) is 18.2 Å². The lowest BCUT2D eigenvalue weighted by molar-refractivity contribution is -0.152. The van der Waals surface area contributed by atoms with Crippen LogP contribution in [-0.4, -0.2) is 57.4 Å². The molecule has 1 saturated heterocycles. The minimum Gasteiger partial charge on any atom is -0.465 e. The van der Waals surface area contributed by atoms with Gasteiger partial charge in [-0.25, -0.2) is 17.6 Å². The van der Waals surface area contributed by atoms with Crippen molar-refractivity contribution < 1.29 is 36.7 Å². The number of sulfonamides is 1. The van der Waals surface area contributed by atoms with Gasteiger partial charge in [0.05, 0.1) is 23.5 Å². The van der Waals surface area contributed by atoms with E-state index >= 15 is 0 Å². The van der Waals surface area contributed by atoms with Crippen LogP contribution in [0.5, 0.6) is 0 Å². The molecule has 1 fully saturated rings. The van der Waals surface area contributed by atoms with E-state index in [1.807, 2.05) is 0 Å². The Morgan fingerprint density at radius 1 is 1.12 bits per heavy atom. The third kappa shape index (κ3) is 5.78. The highest BCUT2D eigenvalue weighted by Gasteiger charge is 2.35. The second kappa shape index (κ2) is 10.7. The summed E-state index contributed by atoms with van der Waals surface area (Å²) in [5.41, 5.74) is 0.618. The Bertz CT molecular complexity index is 1190. The molecule has 9 nitrogen and oxygen atoms in total. The highest BCUT2D eigenvalue weighted by molar-refractivity contribution is 7.89. The number of hydrogen-bond acceptors (Lipinski definition) is 7. The van der Waals surface area contributed by atoms with Crippen molar-refractivity contribution in [2.45, 2.75) is 24.7 Å². The minimum atomic E-state index is -3.98. The molecule has 0 aliphatic carbocycles. The number of benzene rings is 2. The average molecular weight is 493 g/mol. The molecule has 34 heavy (non-hydrogen) atoms. The molecule has 182 valence electrons. The first-order valence-corrected chi connectivity index (χ1v) is 12.0. The number of halogens is 1. The Morgan fingerprint density at radius 3 is 2.44 bits per heavy atom. The van der Waals surface area contributed by atoms with Crippen molar-refractivity contribution in [2.75, 3.05) is 32.1 Å². The highest BCUT2D eigenvalue weighted by atomic mass is 32.2. The van der Waals surface area contributed by atoms with Gasteiger partial charge in [0, 0.05) is 18.8 Å². The molecule has 0 aromatic heterocycles. The molecule has 1 aliphatic heterocycles. The fourth-order valence-electron chi connectivity index (χ4n) is 3.56. The van der Waals surface area contributed by atoms with E-state index < -0.39 is 46.2 Å². The third-order valence-corrected chi connectivity index (χ3v) is 7.46. The fourth-order valence-corrected chi connectivity index (χ4v) is 5.21. The molecule has 3 rings (SSSR count). The quantitative estimate of drug-likeness (QED) is 0.590. The number of amides is 1. The summed E-state index contributed by atoms with van der Waals surface area (Å²) in [6.45, 7) is 1.15. The number of ether oxygens (including phenoxy) is 2. The van der Waals surface area contributed by atoms with E-state index in [4.69, 9.17) is 4.74 Å². The number of anilines is 1. The lowest BCUT2D eigenvalue weighted by Gasteiger charge is -2.30. The molecule has 1 aliphatic rings. The van der Waals surface area contributed by atoms with Gasteiger partial charge in [-0.15, -0.1) is 0 Å². The maximum absolute atomic E-state index is 13.6. The Balaban J connectivity index is 1.54. The number of hydrogen-bond donors (Lipinski definition) is 1. The number of esters is 2. The number of carbonyl (C=O) groups excluding carboxylic acids is 3. The molecular weight excluding hydrogens is 467 g/mol. The van der Waals surface area contributed by atoms with Crippen LogP contribution >= 0.6 is 0 Å². The molecular formula is C23H25FN2O7S. The van der Waals surface area contributed by atoms with E-state index in [0.29, 0.717) is 5.56 Å². The van der Waals surface area contributed by atoms with Crippen LogP contribution in [0, 0.1) is 18.7 Å². The van der Waals surface area contributed by atoms with Crippen molar-refractivity contribution in [3.63, 3.8) is 0 Å². The van der Waals surface area contributed by atoms with Crippen molar-refractivity contribution in [3.8, 4) is 0 Å². The van der Waals surface area contributed by atoms with Gasteiger partial charge in [-0.3, -0.25) is 9.59 Å². The lowest BCUT2D eigenvalue weighted by Crippen LogP contribution is -2.41. The zero-order valence-electron chi connectivity index (χ0n) is 18.7.